The molecular formula is C20H14Br2Cl2N2O2S. The molecule has 0 aromatic heterocycles. The molecule has 2 aliphatic rings. The van der Waals surface area contributed by atoms with Crippen molar-refractivity contribution in [3.8, 4) is 0 Å². The highest BCUT2D eigenvalue weighted by molar-refractivity contribution is 9.24. The van der Waals surface area contributed by atoms with Gasteiger partial charge in [-0.15, -0.1) is 0 Å². The molecule has 1 N–H and O–H groups in total. The van der Waals surface area contributed by atoms with E-state index in [1.807, 2.05) is 53.4 Å². The summed E-state index contributed by atoms with van der Waals surface area (Å²) < 4.78 is -0.344. The van der Waals surface area contributed by atoms with E-state index in [0.29, 0.717) is 20.9 Å². The van der Waals surface area contributed by atoms with Crippen LogP contribution in [0.1, 0.15) is 24.1 Å². The molecule has 0 bridgehead atoms. The highest BCUT2D eigenvalue weighted by atomic mass is 79.9. The van der Waals surface area contributed by atoms with Crippen LogP contribution in [0.5, 0.6) is 0 Å². The van der Waals surface area contributed by atoms with Crippen molar-refractivity contribution in [3.05, 3.63) is 80.3 Å². The Morgan fingerprint density at radius 1 is 1.14 bits per heavy atom. The molecule has 2 heterocycles. The number of carboxylic acids is 1. The standard InChI is InChI=1S/C20H14Br2Cl2N2O2S/c1-20(11-4-8-13(24)9-5-11)16(10-2-6-12(23)7-3-10)26-14(17(21)22)15(18(27)28)29-19(26)25-20/h2-9,16-17H,1H3,(H,27,28)/t16-,20+/m1/s1. The van der Waals surface area contributed by atoms with Gasteiger partial charge in [0.15, 0.2) is 5.17 Å². The van der Waals surface area contributed by atoms with E-state index in [1.54, 1.807) is 0 Å². The molecule has 0 aliphatic carbocycles. The van der Waals surface area contributed by atoms with Crippen molar-refractivity contribution in [2.75, 3.05) is 0 Å². The Kier molecular flexibility index (Phi) is 5.81. The lowest BCUT2D eigenvalue weighted by Crippen LogP contribution is -2.36. The van der Waals surface area contributed by atoms with Crippen LogP contribution < -0.4 is 0 Å². The minimum absolute atomic E-state index is 0.250. The van der Waals surface area contributed by atoms with Crippen molar-refractivity contribution in [1.29, 1.82) is 0 Å². The Bertz CT molecular complexity index is 1040. The molecule has 0 spiro atoms. The van der Waals surface area contributed by atoms with Gasteiger partial charge >= 0.3 is 5.97 Å². The zero-order chi connectivity index (χ0) is 20.9. The number of allylic oxidation sites excluding steroid dienone is 1. The fourth-order valence-corrected chi connectivity index (χ4v) is 6.31. The van der Waals surface area contributed by atoms with E-state index in [2.05, 4.69) is 38.8 Å². The first kappa shape index (κ1) is 21.2. The number of rotatable bonds is 4. The average Bonchev–Trinajstić information content (AvgIpc) is 3.16. The van der Waals surface area contributed by atoms with Gasteiger partial charge in [0.05, 0.1) is 11.7 Å². The van der Waals surface area contributed by atoms with Crippen LogP contribution >= 0.6 is 66.8 Å². The largest absolute Gasteiger partial charge is 0.477 e. The first-order chi connectivity index (χ1) is 13.7. The fraction of sp³-hybridized carbons (Fsp3) is 0.200. The number of halogens is 4. The van der Waals surface area contributed by atoms with Gasteiger partial charge in [-0.05, 0) is 54.1 Å². The van der Waals surface area contributed by atoms with E-state index >= 15 is 0 Å². The van der Waals surface area contributed by atoms with Crippen LogP contribution in [0, 0.1) is 0 Å². The van der Waals surface area contributed by atoms with Gasteiger partial charge in [0.1, 0.15) is 14.2 Å². The summed E-state index contributed by atoms with van der Waals surface area (Å²) in [5, 5.41) is 11.7. The molecular weight excluding hydrogens is 563 g/mol. The Morgan fingerprint density at radius 3 is 2.21 bits per heavy atom. The molecule has 9 heteroatoms. The molecule has 150 valence electrons. The summed E-state index contributed by atoms with van der Waals surface area (Å²) in [5.41, 5.74) is 1.95. The first-order valence-corrected chi connectivity index (χ1v) is 12.0. The number of aliphatic imine (C=N–C) groups is 1. The quantitative estimate of drug-likeness (QED) is 0.408. The minimum atomic E-state index is -0.978. The smallest absolute Gasteiger partial charge is 0.344 e. The van der Waals surface area contributed by atoms with Crippen LogP contribution in [0.3, 0.4) is 0 Å². The maximum absolute atomic E-state index is 11.9. The Morgan fingerprint density at radius 2 is 1.69 bits per heavy atom. The number of amidine groups is 1. The number of alkyl halides is 2. The maximum Gasteiger partial charge on any atom is 0.344 e. The molecule has 2 aromatic rings. The van der Waals surface area contributed by atoms with Gasteiger partial charge in [0.25, 0.3) is 0 Å². The molecule has 0 saturated heterocycles. The lowest BCUT2D eigenvalue weighted by Gasteiger charge is -2.36. The van der Waals surface area contributed by atoms with Crippen LogP contribution in [-0.4, -0.2) is 24.9 Å². The predicted molar refractivity (Wildman–Crippen MR) is 126 cm³/mol. The summed E-state index contributed by atoms with van der Waals surface area (Å²) >= 11 is 20.4. The van der Waals surface area contributed by atoms with Crippen molar-refractivity contribution >= 4 is 78.0 Å². The molecule has 0 unspecified atom stereocenters. The second-order valence-electron chi connectivity index (χ2n) is 6.80. The van der Waals surface area contributed by atoms with Crippen LogP contribution in [0.25, 0.3) is 0 Å². The normalized spacial score (nSPS) is 23.6. The molecule has 2 aliphatic heterocycles. The lowest BCUT2D eigenvalue weighted by molar-refractivity contribution is -0.131. The van der Waals surface area contributed by atoms with Gasteiger partial charge in [0.2, 0.25) is 0 Å². The third-order valence-electron chi connectivity index (χ3n) is 5.03. The van der Waals surface area contributed by atoms with Crippen LogP contribution in [0.2, 0.25) is 10.0 Å². The summed E-state index contributed by atoms with van der Waals surface area (Å²) in [4.78, 5) is 19.1. The van der Waals surface area contributed by atoms with E-state index in [4.69, 9.17) is 28.2 Å². The molecule has 2 atom stereocenters. The molecule has 0 saturated carbocycles. The number of benzene rings is 2. The summed E-state index contributed by atoms with van der Waals surface area (Å²) in [7, 11) is 0. The van der Waals surface area contributed by atoms with E-state index in [0.717, 1.165) is 11.1 Å². The number of carbonyl (C=O) groups is 1. The number of hydrogen-bond donors (Lipinski definition) is 1. The molecule has 4 nitrogen and oxygen atoms in total. The Balaban J connectivity index is 1.92. The highest BCUT2D eigenvalue weighted by Gasteiger charge is 2.53. The Labute approximate surface area is 199 Å². The number of carboxylic acid groups (broad SMARTS) is 1. The molecule has 0 fully saturated rings. The summed E-state index contributed by atoms with van der Waals surface area (Å²) in [6.45, 7) is 2.05. The molecule has 29 heavy (non-hydrogen) atoms. The topological polar surface area (TPSA) is 52.9 Å². The van der Waals surface area contributed by atoms with Gasteiger partial charge in [-0.1, -0.05) is 79.3 Å². The number of fused-ring (bicyclic) bond motifs is 1. The number of hydrogen-bond acceptors (Lipinski definition) is 4. The molecule has 4 rings (SSSR count). The van der Waals surface area contributed by atoms with Crippen molar-refractivity contribution in [2.24, 2.45) is 4.99 Å². The average molecular weight is 577 g/mol. The minimum Gasteiger partial charge on any atom is -0.477 e. The zero-order valence-electron chi connectivity index (χ0n) is 14.9. The monoisotopic (exact) mass is 574 g/mol. The van der Waals surface area contributed by atoms with E-state index in [1.165, 1.54) is 11.8 Å². The second-order valence-corrected chi connectivity index (χ2v) is 11.7. The van der Waals surface area contributed by atoms with E-state index in [9.17, 15) is 9.90 Å². The van der Waals surface area contributed by atoms with Crippen molar-refractivity contribution in [2.45, 2.75) is 22.2 Å². The third-order valence-corrected chi connectivity index (χ3v) is 7.46. The van der Waals surface area contributed by atoms with Gasteiger partial charge < -0.3 is 10.0 Å². The van der Waals surface area contributed by atoms with Crippen molar-refractivity contribution in [3.63, 3.8) is 0 Å². The van der Waals surface area contributed by atoms with Gasteiger partial charge in [-0.2, -0.15) is 0 Å². The molecule has 0 amide bonds. The SMILES string of the molecule is C[C@@]1(c2ccc(Cl)cc2)N=C2SC(C(=O)O)=C(C(Br)Br)N2[C@@H]1c1ccc(Cl)cc1. The van der Waals surface area contributed by atoms with Gasteiger partial charge in [-0.3, -0.25) is 0 Å². The van der Waals surface area contributed by atoms with Crippen molar-refractivity contribution < 1.29 is 9.90 Å². The van der Waals surface area contributed by atoms with Gasteiger partial charge in [-0.25, -0.2) is 9.79 Å². The number of aliphatic carboxylic acids is 1. The number of thioether (sulfide) groups is 1. The van der Waals surface area contributed by atoms with E-state index in [-0.39, 0.29) is 14.7 Å². The predicted octanol–water partition coefficient (Wildman–Crippen LogP) is 6.78. The Hall–Kier alpha value is -0.990. The van der Waals surface area contributed by atoms with Crippen LogP contribution in [-0.2, 0) is 10.3 Å². The van der Waals surface area contributed by atoms with Gasteiger partial charge in [0, 0.05) is 10.0 Å². The van der Waals surface area contributed by atoms with Crippen LogP contribution in [0.4, 0.5) is 0 Å². The summed E-state index contributed by atoms with van der Waals surface area (Å²) in [5.74, 6) is -0.978. The highest BCUT2D eigenvalue weighted by Crippen LogP contribution is 2.56. The van der Waals surface area contributed by atoms with Crippen molar-refractivity contribution in [1.82, 2.24) is 4.90 Å². The lowest BCUT2D eigenvalue weighted by atomic mass is 9.81. The molecule has 0 radical (unpaired) electrons. The zero-order valence-corrected chi connectivity index (χ0v) is 20.4. The van der Waals surface area contributed by atoms with Crippen LogP contribution in [0.15, 0.2) is 64.1 Å². The fourth-order valence-electron chi connectivity index (χ4n) is 3.73. The first-order valence-electron chi connectivity index (χ1n) is 8.56. The third kappa shape index (κ3) is 3.65. The second kappa shape index (κ2) is 7.93. The maximum atomic E-state index is 11.9. The number of nitrogens with zero attached hydrogens (tertiary/aromatic N) is 2. The van der Waals surface area contributed by atoms with E-state index < -0.39 is 11.5 Å². The summed E-state index contributed by atoms with van der Waals surface area (Å²) in [6.07, 6.45) is 0. The summed E-state index contributed by atoms with van der Waals surface area (Å²) in [6, 6.07) is 14.9. The molecule has 2 aromatic carbocycles.